The van der Waals surface area contributed by atoms with Crippen LogP contribution in [0, 0.1) is 0 Å². The highest BCUT2D eigenvalue weighted by atomic mass is 16.6. The van der Waals surface area contributed by atoms with Gasteiger partial charge in [-0.25, -0.2) is 4.79 Å². The highest BCUT2D eigenvalue weighted by molar-refractivity contribution is 5.93. The molecule has 2 atom stereocenters. The van der Waals surface area contributed by atoms with Gasteiger partial charge in [-0.1, -0.05) is 0 Å². The molecule has 0 radical (unpaired) electrons. The minimum atomic E-state index is -0.287. The van der Waals surface area contributed by atoms with Gasteiger partial charge in [0.25, 0.3) is 0 Å². The summed E-state index contributed by atoms with van der Waals surface area (Å²) in [6.07, 6.45) is 0.811. The maximum Gasteiger partial charge on any atom is 0.322 e. The van der Waals surface area contributed by atoms with Gasteiger partial charge in [-0.05, 0) is 18.6 Å². The van der Waals surface area contributed by atoms with Crippen LogP contribution in [0.15, 0.2) is 18.2 Å². The lowest BCUT2D eigenvalue weighted by Gasteiger charge is -2.36. The third-order valence-electron chi connectivity index (χ3n) is 4.87. The maximum absolute atomic E-state index is 12.6. The smallest absolute Gasteiger partial charge is 0.322 e. The van der Waals surface area contributed by atoms with Crippen LogP contribution in [0.2, 0.25) is 0 Å². The van der Waals surface area contributed by atoms with Crippen molar-refractivity contribution in [1.82, 2.24) is 9.80 Å². The average Bonchev–Trinajstić information content (AvgIpc) is 3.05. The second-order valence-electron chi connectivity index (χ2n) is 6.46. The van der Waals surface area contributed by atoms with Gasteiger partial charge in [0.15, 0.2) is 11.5 Å². The number of carbonyl (C=O) groups excluding carboxylic acids is 2. The molecule has 0 unspecified atom stereocenters. The second kappa shape index (κ2) is 6.44. The molecule has 3 amide bonds. The number of benzene rings is 1. The first kappa shape index (κ1) is 16.0. The van der Waals surface area contributed by atoms with E-state index < -0.39 is 0 Å². The lowest BCUT2D eigenvalue weighted by Crippen LogP contribution is -2.56. The summed E-state index contributed by atoms with van der Waals surface area (Å²) in [5.41, 5.74) is 0.616. The number of hydrogen-bond acceptors (Lipinski definition) is 5. The minimum absolute atomic E-state index is 0.0252. The summed E-state index contributed by atoms with van der Waals surface area (Å²) in [4.78, 5) is 28.2. The van der Waals surface area contributed by atoms with Crippen LogP contribution < -0.4 is 14.8 Å². The number of nitrogens with zero attached hydrogens (tertiary/aromatic N) is 2. The molecule has 134 valence electrons. The zero-order valence-electron chi connectivity index (χ0n) is 14.1. The molecule has 0 saturated carbocycles. The molecule has 2 fully saturated rings. The van der Waals surface area contributed by atoms with Crippen molar-refractivity contribution in [3.05, 3.63) is 18.2 Å². The predicted molar refractivity (Wildman–Crippen MR) is 88.9 cm³/mol. The molecule has 2 saturated heterocycles. The van der Waals surface area contributed by atoms with Crippen molar-refractivity contribution in [2.75, 3.05) is 45.3 Å². The van der Waals surface area contributed by atoms with E-state index >= 15 is 0 Å². The molecular formula is C17H21N3O5. The fraction of sp³-hybridized carbons (Fsp3) is 0.529. The standard InChI is InChI=1S/C17H21N3O5/c1-23-13-7-12-8-19(10-16(21)20(12)9-13)17(22)18-11-2-3-14-15(6-11)25-5-4-24-14/h2-3,6,12-13H,4-5,7-10H2,1H3,(H,18,22)/t12-,13-/m0/s1. The summed E-state index contributed by atoms with van der Waals surface area (Å²) in [5.74, 6) is 1.25. The summed E-state index contributed by atoms with van der Waals surface area (Å²) < 4.78 is 16.4. The third-order valence-corrected chi connectivity index (χ3v) is 4.87. The molecule has 4 rings (SSSR count). The van der Waals surface area contributed by atoms with Crippen molar-refractivity contribution in [2.24, 2.45) is 0 Å². The number of anilines is 1. The van der Waals surface area contributed by atoms with Crippen molar-refractivity contribution in [1.29, 1.82) is 0 Å². The Hall–Kier alpha value is -2.48. The van der Waals surface area contributed by atoms with Crippen LogP contribution in [0.25, 0.3) is 0 Å². The lowest BCUT2D eigenvalue weighted by molar-refractivity contribution is -0.136. The molecule has 25 heavy (non-hydrogen) atoms. The molecule has 8 heteroatoms. The first-order chi connectivity index (χ1) is 12.1. The van der Waals surface area contributed by atoms with Crippen molar-refractivity contribution in [3.63, 3.8) is 0 Å². The topological polar surface area (TPSA) is 80.3 Å². The van der Waals surface area contributed by atoms with Gasteiger partial charge < -0.3 is 29.3 Å². The summed E-state index contributed by atoms with van der Waals surface area (Å²) in [6.45, 7) is 2.22. The Morgan fingerprint density at radius 2 is 2.04 bits per heavy atom. The van der Waals surface area contributed by atoms with E-state index in [4.69, 9.17) is 14.2 Å². The molecule has 1 aromatic carbocycles. The van der Waals surface area contributed by atoms with E-state index in [1.165, 1.54) is 0 Å². The molecule has 0 bridgehead atoms. The van der Waals surface area contributed by atoms with Gasteiger partial charge in [-0.15, -0.1) is 0 Å². The van der Waals surface area contributed by atoms with Crippen molar-refractivity contribution in [3.8, 4) is 11.5 Å². The number of methoxy groups -OCH3 is 1. The number of nitrogens with one attached hydrogen (secondary N) is 1. The molecule has 0 aliphatic carbocycles. The number of piperazine rings is 1. The van der Waals surface area contributed by atoms with Gasteiger partial charge in [0.05, 0.1) is 12.1 Å². The van der Waals surface area contributed by atoms with Crippen LogP contribution in [-0.2, 0) is 9.53 Å². The van der Waals surface area contributed by atoms with E-state index in [0.29, 0.717) is 43.5 Å². The first-order valence-corrected chi connectivity index (χ1v) is 8.42. The van der Waals surface area contributed by atoms with Crippen LogP contribution in [0.1, 0.15) is 6.42 Å². The Labute approximate surface area is 145 Å². The van der Waals surface area contributed by atoms with Crippen LogP contribution >= 0.6 is 0 Å². The van der Waals surface area contributed by atoms with Gasteiger partial charge in [-0.3, -0.25) is 4.79 Å². The molecule has 3 aliphatic heterocycles. The number of ether oxygens (including phenoxy) is 3. The zero-order valence-corrected chi connectivity index (χ0v) is 14.1. The SMILES string of the molecule is CO[C@H]1C[C@H]2CN(C(=O)Nc3ccc4c(c3)OCCO4)CC(=O)N2C1. The third kappa shape index (κ3) is 3.09. The normalized spacial score (nSPS) is 24.9. The van der Waals surface area contributed by atoms with E-state index in [0.717, 1.165) is 6.42 Å². The van der Waals surface area contributed by atoms with Crippen molar-refractivity contribution in [2.45, 2.75) is 18.6 Å². The van der Waals surface area contributed by atoms with Crippen LogP contribution in [0.4, 0.5) is 10.5 Å². The highest BCUT2D eigenvalue weighted by Gasteiger charge is 2.41. The fourth-order valence-corrected chi connectivity index (χ4v) is 3.57. The van der Waals surface area contributed by atoms with E-state index in [1.54, 1.807) is 30.2 Å². The summed E-state index contributed by atoms with van der Waals surface area (Å²) in [5, 5.41) is 2.84. The molecule has 8 nitrogen and oxygen atoms in total. The summed E-state index contributed by atoms with van der Waals surface area (Å²) >= 11 is 0. The van der Waals surface area contributed by atoms with Gasteiger partial charge in [0, 0.05) is 32.0 Å². The monoisotopic (exact) mass is 347 g/mol. The molecule has 3 aliphatic rings. The van der Waals surface area contributed by atoms with Gasteiger partial charge >= 0.3 is 6.03 Å². The van der Waals surface area contributed by atoms with E-state index in [1.807, 2.05) is 4.90 Å². The average molecular weight is 347 g/mol. The fourth-order valence-electron chi connectivity index (χ4n) is 3.57. The highest BCUT2D eigenvalue weighted by Crippen LogP contribution is 2.33. The van der Waals surface area contributed by atoms with Crippen molar-refractivity contribution < 1.29 is 23.8 Å². The van der Waals surface area contributed by atoms with E-state index in [9.17, 15) is 9.59 Å². The number of amides is 3. The second-order valence-corrected chi connectivity index (χ2v) is 6.46. The van der Waals surface area contributed by atoms with E-state index in [2.05, 4.69) is 5.32 Å². The molecule has 0 spiro atoms. The Bertz CT molecular complexity index is 695. The number of carbonyl (C=O) groups is 2. The lowest BCUT2D eigenvalue weighted by atomic mass is 10.1. The maximum atomic E-state index is 12.6. The Morgan fingerprint density at radius 1 is 1.24 bits per heavy atom. The van der Waals surface area contributed by atoms with Crippen LogP contribution in [0.5, 0.6) is 11.5 Å². The van der Waals surface area contributed by atoms with Gasteiger partial charge in [0.2, 0.25) is 5.91 Å². The largest absolute Gasteiger partial charge is 0.486 e. The van der Waals surface area contributed by atoms with Crippen LogP contribution in [0.3, 0.4) is 0 Å². The molecular weight excluding hydrogens is 326 g/mol. The number of urea groups is 1. The summed E-state index contributed by atoms with van der Waals surface area (Å²) in [6, 6.07) is 5.01. The Morgan fingerprint density at radius 3 is 2.84 bits per heavy atom. The van der Waals surface area contributed by atoms with Gasteiger partial charge in [-0.2, -0.15) is 0 Å². The van der Waals surface area contributed by atoms with E-state index in [-0.39, 0.29) is 30.6 Å². The minimum Gasteiger partial charge on any atom is -0.486 e. The summed E-state index contributed by atoms with van der Waals surface area (Å²) in [7, 11) is 1.65. The van der Waals surface area contributed by atoms with Crippen LogP contribution in [-0.4, -0.2) is 73.8 Å². The number of hydrogen-bond donors (Lipinski definition) is 1. The first-order valence-electron chi connectivity index (χ1n) is 8.42. The zero-order chi connectivity index (χ0) is 17.4. The molecule has 3 heterocycles. The molecule has 1 N–H and O–H groups in total. The number of fused-ring (bicyclic) bond motifs is 2. The Kier molecular flexibility index (Phi) is 4.12. The Balaban J connectivity index is 1.42. The molecule has 1 aromatic rings. The number of rotatable bonds is 2. The van der Waals surface area contributed by atoms with Crippen molar-refractivity contribution >= 4 is 17.6 Å². The molecule has 0 aromatic heterocycles. The quantitative estimate of drug-likeness (QED) is 0.861. The predicted octanol–water partition coefficient (Wildman–Crippen LogP) is 0.921. The van der Waals surface area contributed by atoms with Gasteiger partial charge in [0.1, 0.15) is 19.8 Å².